The number of halogens is 2. The number of phenolic OH excluding ortho intramolecular Hbond substituents is 1. The fourth-order valence-corrected chi connectivity index (χ4v) is 6.70. The third-order valence-corrected chi connectivity index (χ3v) is 8.01. The Hall–Kier alpha value is -1.09. The first-order valence-electron chi connectivity index (χ1n) is 10.5. The van der Waals surface area contributed by atoms with Gasteiger partial charge in [-0.2, -0.15) is 0 Å². The van der Waals surface area contributed by atoms with Crippen molar-refractivity contribution < 1.29 is 14.3 Å². The molecule has 0 amide bonds. The predicted molar refractivity (Wildman–Crippen MR) is 106 cm³/mol. The van der Waals surface area contributed by atoms with Gasteiger partial charge in [0, 0.05) is 23.6 Å². The molecule has 3 unspecified atom stereocenters. The van der Waals surface area contributed by atoms with Gasteiger partial charge in [-0.05, 0) is 73.1 Å². The van der Waals surface area contributed by atoms with E-state index in [0.29, 0.717) is 30.6 Å². The third kappa shape index (κ3) is 3.20. The molecule has 0 radical (unpaired) electrons. The molecule has 6 atom stereocenters. The third-order valence-electron chi connectivity index (χ3n) is 7.75. The highest BCUT2D eigenvalue weighted by atomic mass is 35.5. The van der Waals surface area contributed by atoms with Crippen molar-refractivity contribution >= 4 is 17.4 Å². The molecule has 4 heteroatoms. The Balaban J connectivity index is 1.70. The van der Waals surface area contributed by atoms with Crippen LogP contribution in [0.3, 0.4) is 0 Å². The Morgan fingerprint density at radius 2 is 2.11 bits per heavy atom. The number of fused-ring (bicyclic) bond motifs is 5. The molecule has 2 fully saturated rings. The molecule has 3 aliphatic rings. The average Bonchev–Trinajstić information content (AvgIpc) is 2.92. The summed E-state index contributed by atoms with van der Waals surface area (Å²) in [6.45, 7) is 2.02. The standard InChI is InChI=1S/C23H30ClFO2/c1-23-13-19(25)22-17-7-6-16(26)12-15(17)11-14(5-3-2-4-10-24)21(22)18(23)8-9-20(23)27/h6-7,12,14,18-19,21-22,26H,2-5,8-11,13H2,1H3/t14-,18?,19+,21?,22?,23+/m1/s1. The monoisotopic (exact) mass is 392 g/mol. The van der Waals surface area contributed by atoms with Gasteiger partial charge in [0.2, 0.25) is 0 Å². The van der Waals surface area contributed by atoms with E-state index in [2.05, 4.69) is 0 Å². The van der Waals surface area contributed by atoms with E-state index in [1.165, 1.54) is 0 Å². The second kappa shape index (κ2) is 7.39. The van der Waals surface area contributed by atoms with Gasteiger partial charge in [-0.15, -0.1) is 11.6 Å². The molecule has 1 aromatic carbocycles. The Morgan fingerprint density at radius 1 is 1.30 bits per heavy atom. The normalized spacial score (nSPS) is 37.6. The van der Waals surface area contributed by atoms with Gasteiger partial charge in [-0.1, -0.05) is 25.8 Å². The molecular weight excluding hydrogens is 363 g/mol. The van der Waals surface area contributed by atoms with Crippen LogP contribution in [0.5, 0.6) is 5.75 Å². The van der Waals surface area contributed by atoms with Crippen molar-refractivity contribution in [3.63, 3.8) is 0 Å². The van der Waals surface area contributed by atoms with Gasteiger partial charge in [-0.25, -0.2) is 4.39 Å². The summed E-state index contributed by atoms with van der Waals surface area (Å²) < 4.78 is 15.5. The molecular formula is C23H30ClFO2. The number of benzene rings is 1. The van der Waals surface area contributed by atoms with Crippen molar-refractivity contribution in [3.8, 4) is 5.75 Å². The summed E-state index contributed by atoms with van der Waals surface area (Å²) in [5, 5.41) is 9.96. The Kier molecular flexibility index (Phi) is 5.26. The minimum atomic E-state index is -0.979. The molecule has 2 nitrogen and oxygen atoms in total. The number of phenols is 1. The topological polar surface area (TPSA) is 37.3 Å². The molecule has 0 heterocycles. The van der Waals surface area contributed by atoms with Crippen LogP contribution in [0.25, 0.3) is 0 Å². The molecule has 27 heavy (non-hydrogen) atoms. The zero-order chi connectivity index (χ0) is 19.2. The maximum absolute atomic E-state index is 15.5. The number of alkyl halides is 2. The molecule has 4 rings (SSSR count). The van der Waals surface area contributed by atoms with E-state index in [1.807, 2.05) is 19.1 Å². The van der Waals surface area contributed by atoms with Crippen LogP contribution in [0.1, 0.15) is 68.9 Å². The molecule has 0 bridgehead atoms. The summed E-state index contributed by atoms with van der Waals surface area (Å²) in [6, 6.07) is 5.45. The molecule has 148 valence electrons. The summed E-state index contributed by atoms with van der Waals surface area (Å²) in [4.78, 5) is 12.6. The lowest BCUT2D eigenvalue weighted by Gasteiger charge is -2.53. The number of carbonyl (C=O) groups is 1. The van der Waals surface area contributed by atoms with E-state index >= 15 is 4.39 Å². The van der Waals surface area contributed by atoms with Gasteiger partial charge in [-0.3, -0.25) is 4.79 Å². The van der Waals surface area contributed by atoms with Crippen LogP contribution in [-0.4, -0.2) is 22.9 Å². The smallest absolute Gasteiger partial charge is 0.139 e. The Morgan fingerprint density at radius 3 is 2.89 bits per heavy atom. The summed E-state index contributed by atoms with van der Waals surface area (Å²) in [5.74, 6) is 2.01. The van der Waals surface area contributed by atoms with Crippen LogP contribution < -0.4 is 0 Å². The molecule has 2 saturated carbocycles. The van der Waals surface area contributed by atoms with Gasteiger partial charge >= 0.3 is 0 Å². The van der Waals surface area contributed by atoms with Crippen LogP contribution in [0.4, 0.5) is 4.39 Å². The number of hydrogen-bond donors (Lipinski definition) is 1. The highest BCUT2D eigenvalue weighted by molar-refractivity contribution is 6.17. The maximum Gasteiger partial charge on any atom is 0.139 e. The molecule has 0 saturated heterocycles. The van der Waals surface area contributed by atoms with Crippen LogP contribution in [0.2, 0.25) is 0 Å². The van der Waals surface area contributed by atoms with E-state index in [0.717, 1.165) is 49.7 Å². The molecule has 1 N–H and O–H groups in total. The average molecular weight is 393 g/mol. The number of hydrogen-bond acceptors (Lipinski definition) is 2. The summed E-state index contributed by atoms with van der Waals surface area (Å²) in [6.07, 6.45) is 6.06. The van der Waals surface area contributed by atoms with Crippen molar-refractivity contribution in [2.24, 2.45) is 23.2 Å². The lowest BCUT2D eigenvalue weighted by atomic mass is 9.51. The Bertz CT molecular complexity index is 720. The lowest BCUT2D eigenvalue weighted by Crippen LogP contribution is -2.50. The number of aromatic hydroxyl groups is 1. The van der Waals surface area contributed by atoms with Crippen molar-refractivity contribution in [1.29, 1.82) is 0 Å². The van der Waals surface area contributed by atoms with Crippen LogP contribution in [0.15, 0.2) is 18.2 Å². The van der Waals surface area contributed by atoms with Crippen molar-refractivity contribution in [2.75, 3.05) is 5.88 Å². The lowest BCUT2D eigenvalue weighted by molar-refractivity contribution is -0.132. The highest BCUT2D eigenvalue weighted by Gasteiger charge is 2.60. The highest BCUT2D eigenvalue weighted by Crippen LogP contribution is 2.62. The molecule has 1 aromatic rings. The van der Waals surface area contributed by atoms with E-state index in [1.54, 1.807) is 6.07 Å². The number of carbonyl (C=O) groups excluding carboxylic acids is 1. The second-order valence-electron chi connectivity index (χ2n) is 9.19. The molecule has 0 spiro atoms. The van der Waals surface area contributed by atoms with E-state index in [9.17, 15) is 9.90 Å². The maximum atomic E-state index is 15.5. The van der Waals surface area contributed by atoms with E-state index in [4.69, 9.17) is 11.6 Å². The van der Waals surface area contributed by atoms with Crippen molar-refractivity contribution in [2.45, 2.75) is 70.4 Å². The summed E-state index contributed by atoms with van der Waals surface area (Å²) in [5.41, 5.74) is 1.70. The zero-order valence-corrected chi connectivity index (χ0v) is 16.9. The van der Waals surface area contributed by atoms with Gasteiger partial charge in [0.25, 0.3) is 0 Å². The second-order valence-corrected chi connectivity index (χ2v) is 9.57. The number of unbranched alkanes of at least 4 members (excludes halogenated alkanes) is 2. The quantitative estimate of drug-likeness (QED) is 0.508. The van der Waals surface area contributed by atoms with E-state index < -0.39 is 11.6 Å². The predicted octanol–water partition coefficient (Wildman–Crippen LogP) is 5.79. The van der Waals surface area contributed by atoms with Crippen molar-refractivity contribution in [1.82, 2.24) is 0 Å². The zero-order valence-electron chi connectivity index (χ0n) is 16.1. The summed E-state index contributed by atoms with van der Waals surface area (Å²) >= 11 is 5.83. The first kappa shape index (κ1) is 19.2. The first-order valence-corrected chi connectivity index (χ1v) is 11.0. The molecule has 0 aromatic heterocycles. The van der Waals surface area contributed by atoms with Crippen LogP contribution in [0, 0.1) is 23.2 Å². The minimum Gasteiger partial charge on any atom is -0.508 e. The van der Waals surface area contributed by atoms with Gasteiger partial charge < -0.3 is 5.11 Å². The van der Waals surface area contributed by atoms with Crippen LogP contribution in [-0.2, 0) is 11.2 Å². The van der Waals surface area contributed by atoms with E-state index in [-0.39, 0.29) is 23.4 Å². The Labute approximate surface area is 166 Å². The minimum absolute atomic E-state index is 0.128. The van der Waals surface area contributed by atoms with Gasteiger partial charge in [0.1, 0.15) is 17.7 Å². The fraction of sp³-hybridized carbons (Fsp3) is 0.696. The number of Topliss-reactive ketones (excluding diaryl/α,β-unsaturated/α-hetero) is 1. The molecule has 3 aliphatic carbocycles. The van der Waals surface area contributed by atoms with Gasteiger partial charge in [0.15, 0.2) is 0 Å². The largest absolute Gasteiger partial charge is 0.508 e. The first-order chi connectivity index (χ1) is 13.0. The number of ketones is 1. The SMILES string of the molecule is C[C@]12C[C@H](F)C3c4ccc(O)cc4C[C@@H](CCCCCCl)C3C1CCC2=O. The van der Waals surface area contributed by atoms with Crippen molar-refractivity contribution in [3.05, 3.63) is 29.3 Å². The summed E-state index contributed by atoms with van der Waals surface area (Å²) in [7, 11) is 0. The van der Waals surface area contributed by atoms with Crippen LogP contribution >= 0.6 is 11.6 Å². The molecule has 0 aliphatic heterocycles. The van der Waals surface area contributed by atoms with Gasteiger partial charge in [0.05, 0.1) is 0 Å². The number of rotatable bonds is 5. The fourth-order valence-electron chi connectivity index (χ4n) is 6.51.